The molecule has 2 aromatic heterocycles. The number of carbonyl (C=O) groups excluding carboxylic acids is 1. The molecule has 2 aliphatic heterocycles. The van der Waals surface area contributed by atoms with Gasteiger partial charge in [0.15, 0.2) is 0 Å². The standard InChI is InChI=1S/C19H23N3O4/c1-11-14(5-7-24-11)19(23)22-6-4-15-13(9-22)10-25-16(15)8-17-20-21-18(26-17)12-2-3-12/h5,7,12-13,15-16H,2-4,6,8-10H2,1H3/t13-,15+,16-/m0/s1. The van der Waals surface area contributed by atoms with Crippen LogP contribution in [0, 0.1) is 18.8 Å². The van der Waals surface area contributed by atoms with E-state index < -0.39 is 0 Å². The molecule has 0 unspecified atom stereocenters. The third-order valence-electron chi connectivity index (χ3n) is 5.96. The van der Waals surface area contributed by atoms with Crippen LogP contribution in [-0.4, -0.2) is 46.8 Å². The summed E-state index contributed by atoms with van der Waals surface area (Å²) in [4.78, 5) is 14.6. The van der Waals surface area contributed by atoms with Gasteiger partial charge in [0.05, 0.1) is 31.0 Å². The summed E-state index contributed by atoms with van der Waals surface area (Å²) >= 11 is 0. The van der Waals surface area contributed by atoms with Gasteiger partial charge in [0.1, 0.15) is 5.76 Å². The van der Waals surface area contributed by atoms with Crippen molar-refractivity contribution in [2.75, 3.05) is 19.7 Å². The number of amides is 1. The number of furan rings is 1. The van der Waals surface area contributed by atoms with Gasteiger partial charge in [-0.1, -0.05) is 0 Å². The lowest BCUT2D eigenvalue weighted by atomic mass is 9.83. The maximum absolute atomic E-state index is 12.7. The molecular weight excluding hydrogens is 334 g/mol. The lowest BCUT2D eigenvalue weighted by molar-refractivity contribution is 0.0602. The van der Waals surface area contributed by atoms with Crippen molar-refractivity contribution in [3.8, 4) is 0 Å². The number of aromatic nitrogens is 2. The van der Waals surface area contributed by atoms with Gasteiger partial charge in [-0.15, -0.1) is 10.2 Å². The van der Waals surface area contributed by atoms with Crippen LogP contribution in [0.15, 0.2) is 21.2 Å². The fraction of sp³-hybridized carbons (Fsp3) is 0.632. The van der Waals surface area contributed by atoms with Crippen molar-refractivity contribution >= 4 is 5.91 Å². The summed E-state index contributed by atoms with van der Waals surface area (Å²) in [6.07, 6.45) is 5.63. The highest BCUT2D eigenvalue weighted by molar-refractivity contribution is 5.95. The number of hydrogen-bond acceptors (Lipinski definition) is 6. The van der Waals surface area contributed by atoms with Gasteiger partial charge in [0.25, 0.3) is 5.91 Å². The first-order valence-corrected chi connectivity index (χ1v) is 9.46. The number of ether oxygens (including phenoxy) is 1. The Morgan fingerprint density at radius 2 is 2.19 bits per heavy atom. The van der Waals surface area contributed by atoms with Gasteiger partial charge in [0.2, 0.25) is 11.8 Å². The van der Waals surface area contributed by atoms with Gasteiger partial charge in [-0.3, -0.25) is 4.79 Å². The second-order valence-electron chi connectivity index (χ2n) is 7.74. The molecule has 4 heterocycles. The van der Waals surface area contributed by atoms with E-state index in [1.54, 1.807) is 12.3 Å². The molecule has 0 radical (unpaired) electrons. The Morgan fingerprint density at radius 3 is 2.96 bits per heavy atom. The van der Waals surface area contributed by atoms with Crippen molar-refractivity contribution in [3.05, 3.63) is 35.4 Å². The van der Waals surface area contributed by atoms with E-state index in [1.807, 2.05) is 11.8 Å². The van der Waals surface area contributed by atoms with Gasteiger partial charge >= 0.3 is 0 Å². The van der Waals surface area contributed by atoms with Gasteiger partial charge in [0, 0.05) is 24.9 Å². The minimum Gasteiger partial charge on any atom is -0.469 e. The second kappa shape index (κ2) is 6.23. The largest absolute Gasteiger partial charge is 0.469 e. The smallest absolute Gasteiger partial charge is 0.257 e. The topological polar surface area (TPSA) is 81.6 Å². The maximum Gasteiger partial charge on any atom is 0.257 e. The zero-order chi connectivity index (χ0) is 17.7. The maximum atomic E-state index is 12.7. The fourth-order valence-corrected chi connectivity index (χ4v) is 4.28. The molecule has 0 N–H and O–H groups in total. The number of likely N-dealkylation sites (tertiary alicyclic amines) is 1. The van der Waals surface area contributed by atoms with Gasteiger partial charge in [-0.2, -0.15) is 0 Å². The van der Waals surface area contributed by atoms with Crippen LogP contribution in [0.3, 0.4) is 0 Å². The van der Waals surface area contributed by atoms with E-state index >= 15 is 0 Å². The van der Waals surface area contributed by atoms with Crippen LogP contribution < -0.4 is 0 Å². The summed E-state index contributed by atoms with van der Waals surface area (Å²) in [5.74, 6) is 3.51. The molecule has 5 rings (SSSR count). The molecule has 2 aromatic rings. The van der Waals surface area contributed by atoms with Crippen LogP contribution in [0.4, 0.5) is 0 Å². The minimum atomic E-state index is 0.0594. The Labute approximate surface area is 151 Å². The van der Waals surface area contributed by atoms with E-state index in [-0.39, 0.29) is 12.0 Å². The minimum absolute atomic E-state index is 0.0594. The Kier molecular flexibility index (Phi) is 3.85. The number of fused-ring (bicyclic) bond motifs is 1. The molecule has 1 saturated carbocycles. The molecule has 1 amide bonds. The number of aryl methyl sites for hydroxylation is 1. The molecule has 3 fully saturated rings. The van der Waals surface area contributed by atoms with E-state index in [4.69, 9.17) is 13.6 Å². The molecule has 1 aliphatic carbocycles. The van der Waals surface area contributed by atoms with Crippen LogP contribution in [0.2, 0.25) is 0 Å². The van der Waals surface area contributed by atoms with Crippen LogP contribution in [0.5, 0.6) is 0 Å². The average molecular weight is 357 g/mol. The molecule has 3 atom stereocenters. The second-order valence-corrected chi connectivity index (χ2v) is 7.74. The molecule has 26 heavy (non-hydrogen) atoms. The summed E-state index contributed by atoms with van der Waals surface area (Å²) in [7, 11) is 0. The molecule has 3 aliphatic rings. The third kappa shape index (κ3) is 2.84. The van der Waals surface area contributed by atoms with E-state index in [0.29, 0.717) is 48.0 Å². The SMILES string of the molecule is Cc1occc1C(=O)N1CC[C@@H]2[C@H](CO[C@H]2Cc2nnc(C3CC3)o2)C1. The van der Waals surface area contributed by atoms with Crippen LogP contribution in [-0.2, 0) is 11.2 Å². The summed E-state index contributed by atoms with van der Waals surface area (Å²) in [6, 6.07) is 1.75. The van der Waals surface area contributed by atoms with Crippen molar-refractivity contribution in [1.29, 1.82) is 0 Å². The highest BCUT2D eigenvalue weighted by Crippen LogP contribution is 2.40. The summed E-state index contributed by atoms with van der Waals surface area (Å²) < 4.78 is 17.1. The first-order chi connectivity index (χ1) is 12.7. The molecule has 7 nitrogen and oxygen atoms in total. The van der Waals surface area contributed by atoms with E-state index in [1.165, 1.54) is 0 Å². The summed E-state index contributed by atoms with van der Waals surface area (Å²) in [6.45, 7) is 4.01. The highest BCUT2D eigenvalue weighted by Gasteiger charge is 2.43. The fourth-order valence-electron chi connectivity index (χ4n) is 4.28. The zero-order valence-electron chi connectivity index (χ0n) is 14.9. The Morgan fingerprint density at radius 1 is 1.31 bits per heavy atom. The normalized spacial score (nSPS) is 28.3. The van der Waals surface area contributed by atoms with E-state index in [0.717, 1.165) is 38.2 Å². The summed E-state index contributed by atoms with van der Waals surface area (Å²) in [5, 5.41) is 8.36. The van der Waals surface area contributed by atoms with Gasteiger partial charge in [-0.05, 0) is 38.2 Å². The van der Waals surface area contributed by atoms with Crippen molar-refractivity contribution < 1.29 is 18.4 Å². The number of hydrogen-bond donors (Lipinski definition) is 0. The van der Waals surface area contributed by atoms with Crippen molar-refractivity contribution in [3.63, 3.8) is 0 Å². The molecule has 2 saturated heterocycles. The van der Waals surface area contributed by atoms with Gasteiger partial charge in [-0.25, -0.2) is 0 Å². The molecule has 0 spiro atoms. The third-order valence-corrected chi connectivity index (χ3v) is 5.96. The first-order valence-electron chi connectivity index (χ1n) is 9.46. The average Bonchev–Trinajstić information content (AvgIpc) is 3.05. The highest BCUT2D eigenvalue weighted by atomic mass is 16.5. The van der Waals surface area contributed by atoms with E-state index in [2.05, 4.69) is 10.2 Å². The molecule has 0 bridgehead atoms. The molecule has 138 valence electrons. The molecule has 7 heteroatoms. The molecule has 0 aromatic carbocycles. The predicted molar refractivity (Wildman–Crippen MR) is 90.7 cm³/mol. The Hall–Kier alpha value is -2.15. The van der Waals surface area contributed by atoms with Crippen molar-refractivity contribution in [1.82, 2.24) is 15.1 Å². The number of carbonyl (C=O) groups is 1. The first kappa shape index (κ1) is 16.1. The number of piperidine rings is 1. The number of nitrogens with zero attached hydrogens (tertiary/aromatic N) is 3. The van der Waals surface area contributed by atoms with E-state index in [9.17, 15) is 4.79 Å². The zero-order valence-corrected chi connectivity index (χ0v) is 14.9. The van der Waals surface area contributed by atoms with Crippen LogP contribution in [0.25, 0.3) is 0 Å². The molecular formula is C19H23N3O4. The monoisotopic (exact) mass is 357 g/mol. The lowest BCUT2D eigenvalue weighted by Crippen LogP contribution is -2.44. The Bertz CT molecular complexity index is 809. The van der Waals surface area contributed by atoms with Crippen LogP contribution in [0.1, 0.15) is 53.1 Å². The van der Waals surface area contributed by atoms with Crippen molar-refractivity contribution in [2.24, 2.45) is 11.8 Å². The Balaban J connectivity index is 1.22. The summed E-state index contributed by atoms with van der Waals surface area (Å²) in [5.41, 5.74) is 0.664. The quantitative estimate of drug-likeness (QED) is 0.836. The van der Waals surface area contributed by atoms with Crippen molar-refractivity contribution in [2.45, 2.75) is 44.6 Å². The van der Waals surface area contributed by atoms with Gasteiger partial charge < -0.3 is 18.5 Å². The predicted octanol–water partition coefficient (Wildman–Crippen LogP) is 2.57. The number of rotatable bonds is 4. The van der Waals surface area contributed by atoms with Crippen LogP contribution >= 0.6 is 0 Å². The lowest BCUT2D eigenvalue weighted by Gasteiger charge is -2.35.